The Morgan fingerprint density at radius 1 is 0.474 bits per heavy atom. The normalized spacial score (nSPS) is 11.7. The average molecular weight is 487 g/mol. The van der Waals surface area contributed by atoms with Gasteiger partial charge in [0.15, 0.2) is 5.58 Å². The molecule has 3 heterocycles. The highest BCUT2D eigenvalue weighted by Gasteiger charge is 2.12. The van der Waals surface area contributed by atoms with Gasteiger partial charge in [-0.1, -0.05) is 78.9 Å². The van der Waals surface area contributed by atoms with Gasteiger partial charge in [0.2, 0.25) is 0 Å². The second-order valence-corrected chi connectivity index (χ2v) is 9.66. The molecule has 0 atom stereocenters. The molecule has 0 N–H and O–H groups in total. The molecule has 0 spiro atoms. The Morgan fingerprint density at radius 2 is 1.05 bits per heavy atom. The summed E-state index contributed by atoms with van der Waals surface area (Å²) in [5.74, 6) is 0. The van der Waals surface area contributed by atoms with Crippen molar-refractivity contribution in [3.8, 4) is 27.9 Å². The van der Waals surface area contributed by atoms with E-state index in [-0.39, 0.29) is 0 Å². The van der Waals surface area contributed by atoms with Gasteiger partial charge in [0.1, 0.15) is 11.1 Å². The van der Waals surface area contributed by atoms with Crippen LogP contribution in [0.4, 0.5) is 0 Å². The van der Waals surface area contributed by atoms with Crippen LogP contribution in [0.15, 0.2) is 138 Å². The van der Waals surface area contributed by atoms with E-state index in [1.54, 1.807) is 0 Å². The lowest BCUT2D eigenvalue weighted by molar-refractivity contribution is 0.668. The first kappa shape index (κ1) is 21.0. The zero-order chi connectivity index (χ0) is 25.1. The summed E-state index contributed by atoms with van der Waals surface area (Å²) in [6.45, 7) is 0. The van der Waals surface area contributed by atoms with Crippen LogP contribution in [-0.2, 0) is 0 Å². The molecule has 3 aromatic heterocycles. The van der Waals surface area contributed by atoms with Crippen LogP contribution in [0.1, 0.15) is 0 Å². The quantitative estimate of drug-likeness (QED) is 0.249. The van der Waals surface area contributed by atoms with Crippen molar-refractivity contribution in [3.63, 3.8) is 0 Å². The highest BCUT2D eigenvalue weighted by Crippen LogP contribution is 2.34. The lowest BCUT2D eigenvalue weighted by atomic mass is 9.99. The molecule has 8 rings (SSSR count). The molecule has 3 nitrogen and oxygen atoms in total. The first-order valence-electron chi connectivity index (χ1n) is 12.8. The number of hydrogen-bond acceptors (Lipinski definition) is 2. The third kappa shape index (κ3) is 3.19. The van der Waals surface area contributed by atoms with Crippen LogP contribution in [0.25, 0.3) is 71.8 Å². The van der Waals surface area contributed by atoms with Gasteiger partial charge in [-0.25, -0.2) is 0 Å². The summed E-state index contributed by atoms with van der Waals surface area (Å²) in [7, 11) is 0. The molecule has 0 fully saturated rings. The van der Waals surface area contributed by atoms with Crippen LogP contribution in [0.5, 0.6) is 0 Å². The largest absolute Gasteiger partial charge is 0.454 e. The standard InChI is InChI=1S/C35H22N2O/c1-3-8-31-28(6-1)29-7-2-4-9-32(29)37(31)27-18-15-24(16-19-27)23-11-13-25(14-12-23)26-17-20-33-30(22-26)35-34(38-33)10-5-21-36-35/h1-22H. The van der Waals surface area contributed by atoms with E-state index in [1.165, 1.54) is 38.5 Å². The molecule has 0 saturated heterocycles. The van der Waals surface area contributed by atoms with Gasteiger partial charge in [0.25, 0.3) is 0 Å². The number of pyridine rings is 1. The van der Waals surface area contributed by atoms with E-state index in [0.717, 1.165) is 33.3 Å². The third-order valence-electron chi connectivity index (χ3n) is 7.48. The number of nitrogens with zero attached hydrogens (tertiary/aromatic N) is 2. The van der Waals surface area contributed by atoms with E-state index in [4.69, 9.17) is 4.42 Å². The molecule has 38 heavy (non-hydrogen) atoms. The molecule has 0 saturated carbocycles. The lowest BCUT2D eigenvalue weighted by Crippen LogP contribution is -1.93. The Balaban J connectivity index is 1.14. The fourth-order valence-corrected chi connectivity index (χ4v) is 5.64. The fraction of sp³-hybridized carbons (Fsp3) is 0. The molecule has 0 aliphatic heterocycles. The number of rotatable bonds is 3. The molecular weight excluding hydrogens is 464 g/mol. The Hall–Kier alpha value is -5.15. The minimum atomic E-state index is 0.819. The third-order valence-corrected chi connectivity index (χ3v) is 7.48. The van der Waals surface area contributed by atoms with Gasteiger partial charge in [-0.05, 0) is 70.8 Å². The van der Waals surface area contributed by atoms with Crippen LogP contribution in [0.3, 0.4) is 0 Å². The summed E-state index contributed by atoms with van der Waals surface area (Å²) in [6.07, 6.45) is 1.81. The highest BCUT2D eigenvalue weighted by atomic mass is 16.3. The van der Waals surface area contributed by atoms with Crippen molar-refractivity contribution in [1.82, 2.24) is 9.55 Å². The first-order valence-corrected chi connectivity index (χ1v) is 12.8. The average Bonchev–Trinajstić information content (AvgIpc) is 3.53. The second-order valence-electron chi connectivity index (χ2n) is 9.66. The number of benzene rings is 5. The molecule has 3 heteroatoms. The van der Waals surface area contributed by atoms with Crippen LogP contribution >= 0.6 is 0 Å². The SMILES string of the molecule is c1cnc2c(c1)oc1ccc(-c3ccc(-c4ccc(-n5c6ccccc6c6ccccc65)cc4)cc3)cc12. The van der Waals surface area contributed by atoms with Crippen molar-refractivity contribution in [2.24, 2.45) is 0 Å². The van der Waals surface area contributed by atoms with Crippen molar-refractivity contribution >= 4 is 43.9 Å². The van der Waals surface area contributed by atoms with Crippen molar-refractivity contribution in [2.45, 2.75) is 0 Å². The number of hydrogen-bond donors (Lipinski definition) is 0. The van der Waals surface area contributed by atoms with Gasteiger partial charge in [-0.3, -0.25) is 4.98 Å². The lowest BCUT2D eigenvalue weighted by Gasteiger charge is -2.10. The molecule has 0 aliphatic rings. The van der Waals surface area contributed by atoms with E-state index in [0.29, 0.717) is 0 Å². The number of fused-ring (bicyclic) bond motifs is 6. The highest BCUT2D eigenvalue weighted by molar-refractivity contribution is 6.09. The van der Waals surface area contributed by atoms with E-state index >= 15 is 0 Å². The van der Waals surface area contributed by atoms with Crippen LogP contribution in [-0.4, -0.2) is 9.55 Å². The van der Waals surface area contributed by atoms with E-state index in [2.05, 4.69) is 119 Å². The van der Waals surface area contributed by atoms with Gasteiger partial charge in [-0.2, -0.15) is 0 Å². The molecule has 5 aromatic carbocycles. The predicted molar refractivity (Wildman–Crippen MR) is 157 cm³/mol. The van der Waals surface area contributed by atoms with Gasteiger partial charge in [0, 0.05) is 28.0 Å². The maximum absolute atomic E-state index is 5.94. The first-order chi connectivity index (χ1) is 18.8. The van der Waals surface area contributed by atoms with Gasteiger partial charge in [-0.15, -0.1) is 0 Å². The maximum Gasteiger partial charge on any atom is 0.153 e. The zero-order valence-electron chi connectivity index (χ0n) is 20.5. The molecule has 0 unspecified atom stereocenters. The number of furan rings is 1. The number of aromatic nitrogens is 2. The van der Waals surface area contributed by atoms with E-state index < -0.39 is 0 Å². The summed E-state index contributed by atoms with van der Waals surface area (Å²) < 4.78 is 8.29. The Kier molecular flexibility index (Phi) is 4.52. The minimum absolute atomic E-state index is 0.819. The van der Waals surface area contributed by atoms with Crippen molar-refractivity contribution in [1.29, 1.82) is 0 Å². The molecule has 8 aromatic rings. The summed E-state index contributed by atoms with van der Waals surface area (Å²) in [4.78, 5) is 4.52. The van der Waals surface area contributed by atoms with Crippen LogP contribution in [0, 0.1) is 0 Å². The molecule has 0 aliphatic carbocycles. The summed E-state index contributed by atoms with van der Waals surface area (Å²) >= 11 is 0. The summed E-state index contributed by atoms with van der Waals surface area (Å²) in [5, 5.41) is 3.60. The zero-order valence-corrected chi connectivity index (χ0v) is 20.5. The summed E-state index contributed by atoms with van der Waals surface area (Å²) in [6, 6.07) is 45.0. The Labute approximate surface area is 219 Å². The van der Waals surface area contributed by atoms with Crippen molar-refractivity contribution in [2.75, 3.05) is 0 Å². The van der Waals surface area contributed by atoms with Crippen LogP contribution < -0.4 is 0 Å². The summed E-state index contributed by atoms with van der Waals surface area (Å²) in [5.41, 5.74) is 10.9. The van der Waals surface area contributed by atoms with Crippen molar-refractivity contribution in [3.05, 3.63) is 134 Å². The van der Waals surface area contributed by atoms with Crippen molar-refractivity contribution < 1.29 is 4.42 Å². The molecule has 0 amide bonds. The molecule has 0 bridgehead atoms. The van der Waals surface area contributed by atoms with Crippen LogP contribution in [0.2, 0.25) is 0 Å². The minimum Gasteiger partial charge on any atom is -0.454 e. The molecular formula is C35H22N2O. The van der Waals surface area contributed by atoms with Gasteiger partial charge in [0.05, 0.1) is 11.0 Å². The van der Waals surface area contributed by atoms with E-state index in [1.807, 2.05) is 24.4 Å². The topological polar surface area (TPSA) is 31.0 Å². The number of para-hydroxylation sites is 2. The Morgan fingerprint density at radius 3 is 1.74 bits per heavy atom. The molecule has 178 valence electrons. The van der Waals surface area contributed by atoms with Gasteiger partial charge < -0.3 is 8.98 Å². The predicted octanol–water partition coefficient (Wildman–Crippen LogP) is 9.41. The monoisotopic (exact) mass is 486 g/mol. The second kappa shape index (κ2) is 8.19. The van der Waals surface area contributed by atoms with E-state index in [9.17, 15) is 0 Å². The smallest absolute Gasteiger partial charge is 0.153 e. The molecule has 0 radical (unpaired) electrons. The Bertz CT molecular complexity index is 2060. The fourth-order valence-electron chi connectivity index (χ4n) is 5.64. The maximum atomic E-state index is 5.94. The van der Waals surface area contributed by atoms with Gasteiger partial charge >= 0.3 is 0 Å².